The first kappa shape index (κ1) is 13.5. The standard InChI is InChI=1S/C14H20N2O/c1-2-10-16-14(17)12-15-11-6-9-13-7-4-3-5-8-13/h2-5,7-8,15H,1,6,9-12H2,(H,16,17). The summed E-state index contributed by atoms with van der Waals surface area (Å²) in [6.07, 6.45) is 3.76. The van der Waals surface area contributed by atoms with Crippen LogP contribution >= 0.6 is 0 Å². The van der Waals surface area contributed by atoms with Gasteiger partial charge in [0.05, 0.1) is 6.54 Å². The number of amides is 1. The van der Waals surface area contributed by atoms with Crippen molar-refractivity contribution in [3.05, 3.63) is 48.6 Å². The lowest BCUT2D eigenvalue weighted by Crippen LogP contribution is -2.34. The molecule has 0 saturated carbocycles. The van der Waals surface area contributed by atoms with Gasteiger partial charge in [-0.2, -0.15) is 0 Å². The van der Waals surface area contributed by atoms with Crippen LogP contribution in [-0.4, -0.2) is 25.5 Å². The summed E-state index contributed by atoms with van der Waals surface area (Å²) in [6.45, 7) is 5.31. The largest absolute Gasteiger partial charge is 0.352 e. The summed E-state index contributed by atoms with van der Waals surface area (Å²) in [6, 6.07) is 10.4. The molecule has 0 fully saturated rings. The minimum absolute atomic E-state index is 0.0182. The molecule has 1 aromatic rings. The lowest BCUT2D eigenvalue weighted by atomic mass is 10.1. The van der Waals surface area contributed by atoms with Gasteiger partial charge in [0, 0.05) is 6.54 Å². The first-order valence-electron chi connectivity index (χ1n) is 5.95. The van der Waals surface area contributed by atoms with Crippen molar-refractivity contribution in [2.45, 2.75) is 12.8 Å². The van der Waals surface area contributed by atoms with Gasteiger partial charge in [-0.15, -0.1) is 6.58 Å². The van der Waals surface area contributed by atoms with E-state index in [1.807, 2.05) is 18.2 Å². The fraction of sp³-hybridized carbons (Fsp3) is 0.357. The van der Waals surface area contributed by atoms with Crippen molar-refractivity contribution in [2.75, 3.05) is 19.6 Å². The molecule has 0 saturated heterocycles. The van der Waals surface area contributed by atoms with Crippen LogP contribution < -0.4 is 10.6 Å². The summed E-state index contributed by atoms with van der Waals surface area (Å²) in [5.41, 5.74) is 1.34. The summed E-state index contributed by atoms with van der Waals surface area (Å²) in [7, 11) is 0. The number of carbonyl (C=O) groups is 1. The van der Waals surface area contributed by atoms with Gasteiger partial charge < -0.3 is 10.6 Å². The fourth-order valence-corrected chi connectivity index (χ4v) is 1.51. The van der Waals surface area contributed by atoms with Gasteiger partial charge in [-0.05, 0) is 24.9 Å². The van der Waals surface area contributed by atoms with Crippen molar-refractivity contribution in [1.82, 2.24) is 10.6 Å². The number of benzene rings is 1. The van der Waals surface area contributed by atoms with E-state index in [0.717, 1.165) is 19.4 Å². The molecule has 0 aliphatic rings. The molecule has 3 heteroatoms. The average Bonchev–Trinajstić information content (AvgIpc) is 2.37. The van der Waals surface area contributed by atoms with Gasteiger partial charge in [-0.1, -0.05) is 36.4 Å². The molecule has 0 atom stereocenters. The van der Waals surface area contributed by atoms with Crippen LogP contribution in [-0.2, 0) is 11.2 Å². The summed E-state index contributed by atoms with van der Waals surface area (Å²) in [5.74, 6) is 0.0182. The van der Waals surface area contributed by atoms with E-state index in [0.29, 0.717) is 13.1 Å². The summed E-state index contributed by atoms with van der Waals surface area (Å²) >= 11 is 0. The summed E-state index contributed by atoms with van der Waals surface area (Å²) in [5, 5.41) is 5.84. The molecule has 0 bridgehead atoms. The minimum Gasteiger partial charge on any atom is -0.352 e. The molecular weight excluding hydrogens is 212 g/mol. The third-order valence-corrected chi connectivity index (χ3v) is 2.39. The topological polar surface area (TPSA) is 41.1 Å². The maximum Gasteiger partial charge on any atom is 0.234 e. The molecule has 0 aliphatic heterocycles. The van der Waals surface area contributed by atoms with Crippen molar-refractivity contribution in [1.29, 1.82) is 0 Å². The first-order chi connectivity index (χ1) is 8.33. The van der Waals surface area contributed by atoms with E-state index < -0.39 is 0 Å². The van der Waals surface area contributed by atoms with Crippen LogP contribution in [0.4, 0.5) is 0 Å². The molecule has 3 nitrogen and oxygen atoms in total. The van der Waals surface area contributed by atoms with Gasteiger partial charge in [0.2, 0.25) is 5.91 Å². The van der Waals surface area contributed by atoms with Crippen LogP contribution in [0.15, 0.2) is 43.0 Å². The van der Waals surface area contributed by atoms with Crippen molar-refractivity contribution in [3.63, 3.8) is 0 Å². The van der Waals surface area contributed by atoms with E-state index in [2.05, 4.69) is 29.3 Å². The molecule has 92 valence electrons. The van der Waals surface area contributed by atoms with Crippen LogP contribution in [0.5, 0.6) is 0 Å². The van der Waals surface area contributed by atoms with Crippen LogP contribution in [0.3, 0.4) is 0 Å². The second kappa shape index (κ2) is 8.53. The molecule has 1 rings (SSSR count). The Morgan fingerprint density at radius 2 is 2.06 bits per heavy atom. The Kier molecular flexibility index (Phi) is 6.75. The smallest absolute Gasteiger partial charge is 0.234 e. The third-order valence-electron chi connectivity index (χ3n) is 2.39. The zero-order chi connectivity index (χ0) is 12.3. The van der Waals surface area contributed by atoms with Gasteiger partial charge in [-0.3, -0.25) is 4.79 Å². The van der Waals surface area contributed by atoms with Crippen molar-refractivity contribution < 1.29 is 4.79 Å². The molecule has 0 aliphatic carbocycles. The number of aryl methyl sites for hydroxylation is 1. The van der Waals surface area contributed by atoms with E-state index in [1.165, 1.54) is 5.56 Å². The number of hydrogen-bond donors (Lipinski definition) is 2. The van der Waals surface area contributed by atoms with E-state index in [9.17, 15) is 4.79 Å². The number of nitrogens with one attached hydrogen (secondary N) is 2. The van der Waals surface area contributed by atoms with Gasteiger partial charge in [-0.25, -0.2) is 0 Å². The van der Waals surface area contributed by atoms with Crippen molar-refractivity contribution >= 4 is 5.91 Å². The Bertz CT molecular complexity index is 335. The second-order valence-corrected chi connectivity index (χ2v) is 3.86. The van der Waals surface area contributed by atoms with Gasteiger partial charge >= 0.3 is 0 Å². The van der Waals surface area contributed by atoms with Crippen LogP contribution in [0.2, 0.25) is 0 Å². The van der Waals surface area contributed by atoms with Crippen LogP contribution in [0.25, 0.3) is 0 Å². The molecule has 2 N–H and O–H groups in total. The van der Waals surface area contributed by atoms with Gasteiger partial charge in [0.15, 0.2) is 0 Å². The molecule has 0 unspecified atom stereocenters. The van der Waals surface area contributed by atoms with Crippen LogP contribution in [0.1, 0.15) is 12.0 Å². The van der Waals surface area contributed by atoms with Crippen molar-refractivity contribution in [2.24, 2.45) is 0 Å². The lowest BCUT2D eigenvalue weighted by molar-refractivity contribution is -0.120. The predicted molar refractivity (Wildman–Crippen MR) is 70.8 cm³/mol. The van der Waals surface area contributed by atoms with Gasteiger partial charge in [0.25, 0.3) is 0 Å². The second-order valence-electron chi connectivity index (χ2n) is 3.86. The molecule has 1 aromatic carbocycles. The maximum atomic E-state index is 11.2. The monoisotopic (exact) mass is 232 g/mol. The number of carbonyl (C=O) groups excluding carboxylic acids is 1. The van der Waals surface area contributed by atoms with E-state index in [4.69, 9.17) is 0 Å². The highest BCUT2D eigenvalue weighted by atomic mass is 16.1. The molecule has 1 amide bonds. The average molecular weight is 232 g/mol. The van der Waals surface area contributed by atoms with E-state index in [-0.39, 0.29) is 5.91 Å². The predicted octanol–water partition coefficient (Wildman–Crippen LogP) is 1.51. The quantitative estimate of drug-likeness (QED) is 0.527. The number of rotatable bonds is 8. The molecule has 0 radical (unpaired) electrons. The zero-order valence-electron chi connectivity index (χ0n) is 10.1. The molecule has 0 aromatic heterocycles. The Morgan fingerprint density at radius 3 is 2.76 bits per heavy atom. The van der Waals surface area contributed by atoms with Gasteiger partial charge in [0.1, 0.15) is 0 Å². The molecule has 17 heavy (non-hydrogen) atoms. The fourth-order valence-electron chi connectivity index (χ4n) is 1.51. The Labute approximate surface area is 103 Å². The van der Waals surface area contributed by atoms with Crippen molar-refractivity contribution in [3.8, 4) is 0 Å². The SMILES string of the molecule is C=CCNC(=O)CNCCCc1ccccc1. The van der Waals surface area contributed by atoms with E-state index >= 15 is 0 Å². The van der Waals surface area contributed by atoms with Crippen LogP contribution in [0, 0.1) is 0 Å². The Hall–Kier alpha value is -1.61. The first-order valence-corrected chi connectivity index (χ1v) is 5.95. The zero-order valence-corrected chi connectivity index (χ0v) is 10.1. The number of hydrogen-bond acceptors (Lipinski definition) is 2. The maximum absolute atomic E-state index is 11.2. The molecule has 0 heterocycles. The molecular formula is C14H20N2O. The minimum atomic E-state index is 0.0182. The highest BCUT2D eigenvalue weighted by molar-refractivity contribution is 5.78. The Balaban J connectivity index is 2.01. The van der Waals surface area contributed by atoms with E-state index in [1.54, 1.807) is 6.08 Å². The highest BCUT2D eigenvalue weighted by Crippen LogP contribution is 2.01. The summed E-state index contributed by atoms with van der Waals surface area (Å²) in [4.78, 5) is 11.2. The Morgan fingerprint density at radius 1 is 1.29 bits per heavy atom. The molecule has 0 spiro atoms. The summed E-state index contributed by atoms with van der Waals surface area (Å²) < 4.78 is 0. The lowest BCUT2D eigenvalue weighted by Gasteiger charge is -2.05. The third kappa shape index (κ3) is 6.53. The highest BCUT2D eigenvalue weighted by Gasteiger charge is 1.97. The normalized spacial score (nSPS) is 9.88.